The number of rotatable bonds is 5. The summed E-state index contributed by atoms with van der Waals surface area (Å²) in [5.74, 6) is 1.18. The maximum absolute atomic E-state index is 10.9. The lowest BCUT2D eigenvalue weighted by atomic mass is 10.1. The molecule has 0 saturated heterocycles. The molecule has 100 valence electrons. The first-order valence-electron chi connectivity index (χ1n) is 5.63. The average Bonchev–Trinajstić information content (AvgIpc) is 2.87. The highest BCUT2D eigenvalue weighted by molar-refractivity contribution is 5.64. The average molecular weight is 263 g/mol. The van der Waals surface area contributed by atoms with Crippen LogP contribution in [-0.4, -0.2) is 23.6 Å². The monoisotopic (exact) mass is 263 g/mol. The quantitative estimate of drug-likeness (QED) is 0.651. The predicted octanol–water partition coefficient (Wildman–Crippen LogP) is 1.76. The van der Waals surface area contributed by atoms with Crippen molar-refractivity contribution in [3.05, 3.63) is 40.4 Å². The van der Waals surface area contributed by atoms with E-state index < -0.39 is 4.92 Å². The van der Waals surface area contributed by atoms with Crippen LogP contribution < -0.4 is 10.5 Å². The second kappa shape index (κ2) is 5.49. The first kappa shape index (κ1) is 13.0. The molecule has 0 fully saturated rings. The summed E-state index contributed by atoms with van der Waals surface area (Å²) in [6.45, 7) is 0.433. The van der Waals surface area contributed by atoms with Gasteiger partial charge in [-0.1, -0.05) is 0 Å². The van der Waals surface area contributed by atoms with Gasteiger partial charge in [-0.15, -0.1) is 0 Å². The molecule has 0 saturated carbocycles. The summed E-state index contributed by atoms with van der Waals surface area (Å²) in [7, 11) is 1.38. The maximum atomic E-state index is 10.9. The number of hydrogen-bond acceptors (Lipinski definition) is 6. The van der Waals surface area contributed by atoms with Gasteiger partial charge >= 0.3 is 5.69 Å². The SMILES string of the molecule is COc1ccc(-c2cnc(CCN)o2)cc1[N+](=O)[O-]. The molecular formula is C12H13N3O4. The second-order valence-electron chi connectivity index (χ2n) is 3.80. The Hall–Kier alpha value is -2.41. The fourth-order valence-electron chi connectivity index (χ4n) is 1.67. The minimum Gasteiger partial charge on any atom is -0.490 e. The molecule has 0 aliphatic carbocycles. The van der Waals surface area contributed by atoms with E-state index in [1.807, 2.05) is 0 Å². The van der Waals surface area contributed by atoms with Crippen LogP contribution in [0, 0.1) is 10.1 Å². The molecule has 2 rings (SSSR count). The third-order valence-corrected chi connectivity index (χ3v) is 2.57. The largest absolute Gasteiger partial charge is 0.490 e. The van der Waals surface area contributed by atoms with Crippen LogP contribution in [0.5, 0.6) is 5.75 Å². The predicted molar refractivity (Wildman–Crippen MR) is 67.9 cm³/mol. The Morgan fingerprint density at radius 3 is 2.95 bits per heavy atom. The van der Waals surface area contributed by atoms with Crippen molar-refractivity contribution in [1.82, 2.24) is 4.98 Å². The number of nitro benzene ring substituents is 1. The van der Waals surface area contributed by atoms with E-state index in [0.717, 1.165) is 0 Å². The van der Waals surface area contributed by atoms with E-state index >= 15 is 0 Å². The summed E-state index contributed by atoms with van der Waals surface area (Å²) in [5, 5.41) is 10.9. The lowest BCUT2D eigenvalue weighted by molar-refractivity contribution is -0.385. The van der Waals surface area contributed by atoms with Crippen molar-refractivity contribution < 1.29 is 14.1 Å². The number of ether oxygens (including phenoxy) is 1. The van der Waals surface area contributed by atoms with Gasteiger partial charge in [-0.2, -0.15) is 0 Å². The molecule has 0 atom stereocenters. The number of nitro groups is 1. The van der Waals surface area contributed by atoms with Crippen LogP contribution in [0.2, 0.25) is 0 Å². The van der Waals surface area contributed by atoms with Crippen molar-refractivity contribution in [1.29, 1.82) is 0 Å². The highest BCUT2D eigenvalue weighted by atomic mass is 16.6. The summed E-state index contributed by atoms with van der Waals surface area (Å²) in [6, 6.07) is 4.60. The molecule has 0 spiro atoms. The number of nitrogens with two attached hydrogens (primary N) is 1. The number of benzene rings is 1. The molecular weight excluding hydrogens is 250 g/mol. The smallest absolute Gasteiger partial charge is 0.311 e. The van der Waals surface area contributed by atoms with Gasteiger partial charge in [-0.3, -0.25) is 10.1 Å². The van der Waals surface area contributed by atoms with Crippen molar-refractivity contribution in [3.8, 4) is 17.1 Å². The van der Waals surface area contributed by atoms with Gasteiger partial charge in [0.2, 0.25) is 0 Å². The summed E-state index contributed by atoms with van der Waals surface area (Å²) in [4.78, 5) is 14.5. The summed E-state index contributed by atoms with van der Waals surface area (Å²) >= 11 is 0. The van der Waals surface area contributed by atoms with E-state index in [1.54, 1.807) is 6.07 Å². The maximum Gasteiger partial charge on any atom is 0.311 e. The molecule has 0 aliphatic heterocycles. The third kappa shape index (κ3) is 2.71. The van der Waals surface area contributed by atoms with Gasteiger partial charge in [0, 0.05) is 24.6 Å². The van der Waals surface area contributed by atoms with Gasteiger partial charge in [0.1, 0.15) is 0 Å². The minimum atomic E-state index is -0.500. The van der Waals surface area contributed by atoms with E-state index in [9.17, 15) is 10.1 Å². The Kier molecular flexibility index (Phi) is 3.76. The van der Waals surface area contributed by atoms with Crippen LogP contribution in [-0.2, 0) is 6.42 Å². The lowest BCUT2D eigenvalue weighted by Gasteiger charge is -2.02. The Bertz CT molecular complexity index is 594. The van der Waals surface area contributed by atoms with Crippen molar-refractivity contribution in [3.63, 3.8) is 0 Å². The van der Waals surface area contributed by atoms with Crippen LogP contribution in [0.1, 0.15) is 5.89 Å². The number of hydrogen-bond donors (Lipinski definition) is 1. The molecule has 7 nitrogen and oxygen atoms in total. The Balaban J connectivity index is 2.39. The molecule has 1 aromatic heterocycles. The van der Waals surface area contributed by atoms with Gasteiger partial charge in [-0.25, -0.2) is 4.98 Å². The topological polar surface area (TPSA) is 104 Å². The van der Waals surface area contributed by atoms with E-state index in [2.05, 4.69) is 4.98 Å². The molecule has 1 heterocycles. The lowest BCUT2D eigenvalue weighted by Crippen LogP contribution is -2.02. The van der Waals surface area contributed by atoms with E-state index in [-0.39, 0.29) is 11.4 Å². The minimum absolute atomic E-state index is 0.114. The Morgan fingerprint density at radius 1 is 1.53 bits per heavy atom. The third-order valence-electron chi connectivity index (χ3n) is 2.57. The molecule has 0 amide bonds. The number of aromatic nitrogens is 1. The molecule has 19 heavy (non-hydrogen) atoms. The van der Waals surface area contributed by atoms with Gasteiger partial charge < -0.3 is 14.9 Å². The first-order chi connectivity index (χ1) is 9.15. The molecule has 0 unspecified atom stereocenters. The fourth-order valence-corrected chi connectivity index (χ4v) is 1.67. The summed E-state index contributed by atoms with van der Waals surface area (Å²) in [6.07, 6.45) is 2.05. The first-order valence-corrected chi connectivity index (χ1v) is 5.63. The molecule has 7 heteroatoms. The summed E-state index contributed by atoms with van der Waals surface area (Å²) in [5.41, 5.74) is 5.86. The van der Waals surface area contributed by atoms with E-state index in [0.29, 0.717) is 30.2 Å². The van der Waals surface area contributed by atoms with Crippen LogP contribution in [0.4, 0.5) is 5.69 Å². The number of nitrogens with zero attached hydrogens (tertiary/aromatic N) is 2. The highest BCUT2D eigenvalue weighted by Gasteiger charge is 2.17. The zero-order valence-electron chi connectivity index (χ0n) is 10.3. The van der Waals surface area contributed by atoms with Gasteiger partial charge in [0.05, 0.1) is 18.2 Å². The van der Waals surface area contributed by atoms with Crippen molar-refractivity contribution in [2.75, 3.05) is 13.7 Å². The highest BCUT2D eigenvalue weighted by Crippen LogP contribution is 2.32. The van der Waals surface area contributed by atoms with Gasteiger partial charge in [0.15, 0.2) is 17.4 Å². The van der Waals surface area contributed by atoms with E-state index in [4.69, 9.17) is 14.9 Å². The van der Waals surface area contributed by atoms with Crippen molar-refractivity contribution in [2.24, 2.45) is 5.73 Å². The van der Waals surface area contributed by atoms with Crippen molar-refractivity contribution in [2.45, 2.75) is 6.42 Å². The molecule has 1 aromatic carbocycles. The summed E-state index contributed by atoms with van der Waals surface area (Å²) < 4.78 is 10.4. The second-order valence-corrected chi connectivity index (χ2v) is 3.80. The Morgan fingerprint density at radius 2 is 2.32 bits per heavy atom. The normalized spacial score (nSPS) is 10.4. The van der Waals surface area contributed by atoms with Crippen LogP contribution >= 0.6 is 0 Å². The standard InChI is InChI=1S/C12H13N3O4/c1-18-10-3-2-8(6-9(10)15(16)17)11-7-14-12(19-11)4-5-13/h2-3,6-7H,4-5,13H2,1H3. The van der Waals surface area contributed by atoms with Crippen LogP contribution in [0.15, 0.2) is 28.8 Å². The molecule has 2 N–H and O–H groups in total. The fraction of sp³-hybridized carbons (Fsp3) is 0.250. The van der Waals surface area contributed by atoms with Gasteiger partial charge in [-0.05, 0) is 12.1 Å². The zero-order valence-corrected chi connectivity index (χ0v) is 10.3. The molecule has 0 radical (unpaired) electrons. The number of methoxy groups -OCH3 is 1. The van der Waals surface area contributed by atoms with Gasteiger partial charge in [0.25, 0.3) is 0 Å². The zero-order chi connectivity index (χ0) is 13.8. The number of oxazole rings is 1. The Labute approximate surface area is 109 Å². The molecule has 2 aromatic rings. The molecule has 0 bridgehead atoms. The van der Waals surface area contributed by atoms with Crippen molar-refractivity contribution >= 4 is 5.69 Å². The van der Waals surface area contributed by atoms with Crippen LogP contribution in [0.3, 0.4) is 0 Å². The van der Waals surface area contributed by atoms with E-state index in [1.165, 1.54) is 25.4 Å². The van der Waals surface area contributed by atoms with Crippen LogP contribution in [0.25, 0.3) is 11.3 Å². The molecule has 0 aliphatic rings.